The zero-order valence-corrected chi connectivity index (χ0v) is 10.5. The highest BCUT2D eigenvalue weighted by Gasteiger charge is 2.10. The molecule has 98 valence electrons. The van der Waals surface area contributed by atoms with Crippen molar-refractivity contribution < 1.29 is 9.13 Å². The van der Waals surface area contributed by atoms with E-state index in [1.165, 1.54) is 6.07 Å². The number of nitrogens with two attached hydrogens (primary N) is 1. The van der Waals surface area contributed by atoms with E-state index in [1.54, 1.807) is 10.6 Å². The number of imidazole rings is 1. The molecule has 1 aromatic carbocycles. The summed E-state index contributed by atoms with van der Waals surface area (Å²) in [5, 5.41) is 0. The van der Waals surface area contributed by atoms with E-state index in [0.29, 0.717) is 30.1 Å². The van der Waals surface area contributed by atoms with Crippen molar-refractivity contribution in [1.82, 2.24) is 9.55 Å². The van der Waals surface area contributed by atoms with Crippen LogP contribution in [0.2, 0.25) is 0 Å². The summed E-state index contributed by atoms with van der Waals surface area (Å²) in [6, 6.07) is 4.86. The highest BCUT2D eigenvalue weighted by Crippen LogP contribution is 2.20. The third-order valence-corrected chi connectivity index (χ3v) is 2.86. The molecule has 18 heavy (non-hydrogen) atoms. The van der Waals surface area contributed by atoms with Gasteiger partial charge in [-0.1, -0.05) is 19.4 Å². The fourth-order valence-corrected chi connectivity index (χ4v) is 1.87. The van der Waals surface area contributed by atoms with Crippen molar-refractivity contribution >= 4 is 17.0 Å². The maximum absolute atomic E-state index is 13.5. The van der Waals surface area contributed by atoms with Crippen LogP contribution in [-0.2, 0) is 11.3 Å². The Hall–Kier alpha value is -1.62. The largest absolute Gasteiger partial charge is 0.380 e. The van der Waals surface area contributed by atoms with Crippen molar-refractivity contribution in [2.75, 3.05) is 18.9 Å². The summed E-state index contributed by atoms with van der Waals surface area (Å²) in [5.74, 6) is -0.0148. The van der Waals surface area contributed by atoms with Gasteiger partial charge in [0.1, 0.15) is 5.52 Å². The molecule has 2 rings (SSSR count). The van der Waals surface area contributed by atoms with E-state index < -0.39 is 0 Å². The molecule has 0 spiro atoms. The summed E-state index contributed by atoms with van der Waals surface area (Å²) in [6.45, 7) is 4.02. The summed E-state index contributed by atoms with van der Waals surface area (Å²) >= 11 is 0. The van der Waals surface area contributed by atoms with Gasteiger partial charge >= 0.3 is 0 Å². The average Bonchev–Trinajstić information content (AvgIpc) is 2.68. The Morgan fingerprint density at radius 1 is 1.39 bits per heavy atom. The third-order valence-electron chi connectivity index (χ3n) is 2.86. The lowest BCUT2D eigenvalue weighted by Crippen LogP contribution is -2.09. The molecule has 2 aromatic rings. The Kier molecular flexibility index (Phi) is 4.15. The molecule has 2 N–H and O–H groups in total. The quantitative estimate of drug-likeness (QED) is 0.803. The molecule has 0 fully saturated rings. The van der Waals surface area contributed by atoms with Crippen LogP contribution in [0.4, 0.5) is 10.3 Å². The molecule has 0 aliphatic heterocycles. The SMILES string of the molecule is CCCCOCCn1c(N)nc2c(F)cccc21. The lowest BCUT2D eigenvalue weighted by atomic mass is 10.3. The summed E-state index contributed by atoms with van der Waals surface area (Å²) in [5.41, 5.74) is 6.83. The van der Waals surface area contributed by atoms with Crippen LogP contribution in [0.1, 0.15) is 19.8 Å². The first-order valence-corrected chi connectivity index (χ1v) is 6.22. The smallest absolute Gasteiger partial charge is 0.201 e. The Morgan fingerprint density at radius 2 is 2.22 bits per heavy atom. The minimum absolute atomic E-state index is 0.323. The van der Waals surface area contributed by atoms with E-state index in [9.17, 15) is 4.39 Å². The monoisotopic (exact) mass is 251 g/mol. The van der Waals surface area contributed by atoms with E-state index >= 15 is 0 Å². The summed E-state index contributed by atoms with van der Waals surface area (Å²) in [6.07, 6.45) is 2.16. The second kappa shape index (κ2) is 5.82. The fourth-order valence-electron chi connectivity index (χ4n) is 1.87. The normalized spacial score (nSPS) is 11.2. The molecule has 1 aromatic heterocycles. The summed E-state index contributed by atoms with van der Waals surface area (Å²) in [4.78, 5) is 4.04. The first-order valence-electron chi connectivity index (χ1n) is 6.22. The van der Waals surface area contributed by atoms with Crippen molar-refractivity contribution in [2.24, 2.45) is 0 Å². The first kappa shape index (κ1) is 12.8. The molecule has 0 aliphatic carbocycles. The van der Waals surface area contributed by atoms with Gasteiger partial charge in [0.2, 0.25) is 5.95 Å². The number of nitrogens with zero attached hydrogens (tertiary/aromatic N) is 2. The van der Waals surface area contributed by atoms with Crippen LogP contribution < -0.4 is 5.73 Å². The molecule has 1 heterocycles. The lowest BCUT2D eigenvalue weighted by Gasteiger charge is -2.07. The number of fused-ring (bicyclic) bond motifs is 1. The van der Waals surface area contributed by atoms with Crippen molar-refractivity contribution in [3.8, 4) is 0 Å². The molecule has 0 saturated heterocycles. The van der Waals surface area contributed by atoms with Crippen LogP contribution in [0.25, 0.3) is 11.0 Å². The van der Waals surface area contributed by atoms with E-state index in [4.69, 9.17) is 10.5 Å². The topological polar surface area (TPSA) is 53.1 Å². The van der Waals surface area contributed by atoms with Crippen LogP contribution in [0.5, 0.6) is 0 Å². The molecule has 4 nitrogen and oxygen atoms in total. The molecule has 0 amide bonds. The average molecular weight is 251 g/mol. The molecule has 0 atom stereocenters. The van der Waals surface area contributed by atoms with Gasteiger partial charge in [0.15, 0.2) is 5.82 Å². The number of benzene rings is 1. The van der Waals surface area contributed by atoms with Crippen LogP contribution in [0.3, 0.4) is 0 Å². The Balaban J connectivity index is 2.08. The maximum Gasteiger partial charge on any atom is 0.201 e. The molecule has 0 unspecified atom stereocenters. The highest BCUT2D eigenvalue weighted by atomic mass is 19.1. The number of para-hydroxylation sites is 1. The van der Waals surface area contributed by atoms with Crippen molar-refractivity contribution in [2.45, 2.75) is 26.3 Å². The molecule has 0 bridgehead atoms. The van der Waals surface area contributed by atoms with Crippen molar-refractivity contribution in [3.05, 3.63) is 24.0 Å². The number of ether oxygens (including phenoxy) is 1. The highest BCUT2D eigenvalue weighted by molar-refractivity contribution is 5.78. The molecular weight excluding hydrogens is 233 g/mol. The van der Waals surface area contributed by atoms with Gasteiger partial charge < -0.3 is 15.0 Å². The number of nitrogen functional groups attached to an aromatic ring is 1. The van der Waals surface area contributed by atoms with Crippen LogP contribution in [-0.4, -0.2) is 22.8 Å². The zero-order valence-electron chi connectivity index (χ0n) is 10.5. The van der Waals surface area contributed by atoms with Crippen LogP contribution in [0.15, 0.2) is 18.2 Å². The Morgan fingerprint density at radius 3 is 3.00 bits per heavy atom. The number of hydrogen-bond donors (Lipinski definition) is 1. The van der Waals surface area contributed by atoms with Gasteiger partial charge in [0.25, 0.3) is 0 Å². The van der Waals surface area contributed by atoms with Gasteiger partial charge in [-0.05, 0) is 18.6 Å². The van der Waals surface area contributed by atoms with Gasteiger partial charge in [-0.25, -0.2) is 9.37 Å². The van der Waals surface area contributed by atoms with Crippen molar-refractivity contribution in [1.29, 1.82) is 0 Å². The van der Waals surface area contributed by atoms with Gasteiger partial charge in [-0.3, -0.25) is 0 Å². The van der Waals surface area contributed by atoms with Gasteiger partial charge in [-0.15, -0.1) is 0 Å². The number of halogens is 1. The van der Waals surface area contributed by atoms with Crippen molar-refractivity contribution in [3.63, 3.8) is 0 Å². The predicted molar refractivity (Wildman–Crippen MR) is 69.8 cm³/mol. The maximum atomic E-state index is 13.5. The Labute approximate surface area is 106 Å². The number of anilines is 1. The summed E-state index contributed by atoms with van der Waals surface area (Å²) in [7, 11) is 0. The van der Waals surface area contributed by atoms with Gasteiger partial charge in [0.05, 0.1) is 12.1 Å². The number of rotatable bonds is 6. The second-order valence-corrected chi connectivity index (χ2v) is 4.20. The second-order valence-electron chi connectivity index (χ2n) is 4.20. The lowest BCUT2D eigenvalue weighted by molar-refractivity contribution is 0.124. The van der Waals surface area contributed by atoms with E-state index in [1.807, 2.05) is 6.07 Å². The van der Waals surface area contributed by atoms with Crippen LogP contribution >= 0.6 is 0 Å². The zero-order chi connectivity index (χ0) is 13.0. The predicted octanol–water partition coefficient (Wildman–Crippen LogP) is 2.57. The molecule has 0 radical (unpaired) electrons. The van der Waals surface area contributed by atoms with E-state index in [0.717, 1.165) is 19.4 Å². The standard InChI is InChI=1S/C13H18FN3O/c1-2-3-8-18-9-7-17-11-6-4-5-10(14)12(11)16-13(17)15/h4-6H,2-3,7-9H2,1H3,(H2,15,16). The molecular formula is C13H18FN3O. The van der Waals surface area contributed by atoms with Gasteiger partial charge in [0, 0.05) is 13.2 Å². The molecule has 0 saturated carbocycles. The fraction of sp³-hybridized carbons (Fsp3) is 0.462. The minimum atomic E-state index is -0.343. The van der Waals surface area contributed by atoms with Gasteiger partial charge in [-0.2, -0.15) is 0 Å². The third kappa shape index (κ3) is 2.61. The van der Waals surface area contributed by atoms with Crippen LogP contribution in [0, 0.1) is 5.82 Å². The first-order chi connectivity index (χ1) is 8.74. The molecule has 5 heteroatoms. The van der Waals surface area contributed by atoms with E-state index in [2.05, 4.69) is 11.9 Å². The summed E-state index contributed by atoms with van der Waals surface area (Å²) < 4.78 is 20.8. The number of hydrogen-bond acceptors (Lipinski definition) is 3. The van der Waals surface area contributed by atoms with E-state index in [-0.39, 0.29) is 5.82 Å². The number of aromatic nitrogens is 2. The Bertz CT molecular complexity index is 524. The molecule has 0 aliphatic rings. The minimum Gasteiger partial charge on any atom is -0.380 e. The number of unbranched alkanes of at least 4 members (excludes halogenated alkanes) is 1.